The maximum atomic E-state index is 5.60. The van der Waals surface area contributed by atoms with E-state index in [1.54, 1.807) is 14.2 Å². The first kappa shape index (κ1) is 19.6. The monoisotopic (exact) mass is 431 g/mol. The summed E-state index contributed by atoms with van der Waals surface area (Å²) in [4.78, 5) is 4.27. The van der Waals surface area contributed by atoms with Gasteiger partial charge in [0.2, 0.25) is 0 Å². The molecule has 0 aromatic heterocycles. The third-order valence-corrected chi connectivity index (χ3v) is 3.56. The molecular weight excluding hydrogens is 405 g/mol. The zero-order chi connectivity index (χ0) is 15.8. The van der Waals surface area contributed by atoms with Crippen LogP contribution in [0.1, 0.15) is 25.3 Å². The molecule has 1 aliphatic carbocycles. The summed E-state index contributed by atoms with van der Waals surface area (Å²) in [6.07, 6.45) is 6.50. The average molecular weight is 431 g/mol. The van der Waals surface area contributed by atoms with Crippen molar-refractivity contribution in [2.45, 2.75) is 32.4 Å². The summed E-state index contributed by atoms with van der Waals surface area (Å²) >= 11 is 0. The SMILES string of the molecule is CCOc1cc(CNC(=NC)NC2CC=CC2)ccc1OC.I. The lowest BCUT2D eigenvalue weighted by Gasteiger charge is -2.17. The van der Waals surface area contributed by atoms with Crippen molar-refractivity contribution in [3.05, 3.63) is 35.9 Å². The molecule has 0 aliphatic heterocycles. The number of aliphatic imine (C=N–C) groups is 1. The highest BCUT2D eigenvalue weighted by Gasteiger charge is 2.12. The van der Waals surface area contributed by atoms with Gasteiger partial charge >= 0.3 is 0 Å². The van der Waals surface area contributed by atoms with Gasteiger partial charge in [-0.2, -0.15) is 0 Å². The maximum Gasteiger partial charge on any atom is 0.191 e. The van der Waals surface area contributed by atoms with E-state index in [4.69, 9.17) is 9.47 Å². The minimum Gasteiger partial charge on any atom is -0.493 e. The number of halogens is 1. The molecule has 0 unspecified atom stereocenters. The zero-order valence-corrected chi connectivity index (χ0v) is 16.3. The minimum atomic E-state index is 0. The van der Waals surface area contributed by atoms with Crippen LogP contribution in [-0.4, -0.2) is 32.8 Å². The molecule has 6 heteroatoms. The number of hydrogen-bond acceptors (Lipinski definition) is 3. The Morgan fingerprint density at radius 2 is 2.00 bits per heavy atom. The molecule has 1 aromatic carbocycles. The molecule has 1 aromatic rings. The second-order valence-corrected chi connectivity index (χ2v) is 5.13. The van der Waals surface area contributed by atoms with Gasteiger partial charge in [0.1, 0.15) is 0 Å². The molecule has 23 heavy (non-hydrogen) atoms. The third kappa shape index (κ3) is 5.93. The number of rotatable bonds is 6. The summed E-state index contributed by atoms with van der Waals surface area (Å²) in [5.74, 6) is 2.35. The number of methoxy groups -OCH3 is 1. The van der Waals surface area contributed by atoms with Gasteiger partial charge in [-0.3, -0.25) is 4.99 Å². The molecular formula is C17H26IN3O2. The van der Waals surface area contributed by atoms with E-state index in [0.29, 0.717) is 19.2 Å². The first-order chi connectivity index (χ1) is 10.8. The predicted octanol–water partition coefficient (Wildman–Crippen LogP) is 3.10. The van der Waals surface area contributed by atoms with Gasteiger partial charge in [-0.05, 0) is 37.5 Å². The van der Waals surface area contributed by atoms with E-state index in [1.807, 2.05) is 25.1 Å². The van der Waals surface area contributed by atoms with E-state index in [2.05, 4.69) is 27.8 Å². The summed E-state index contributed by atoms with van der Waals surface area (Å²) in [7, 11) is 3.44. The van der Waals surface area contributed by atoms with Gasteiger partial charge in [-0.15, -0.1) is 24.0 Å². The number of guanidine groups is 1. The van der Waals surface area contributed by atoms with E-state index >= 15 is 0 Å². The van der Waals surface area contributed by atoms with Crippen LogP contribution in [0.4, 0.5) is 0 Å². The van der Waals surface area contributed by atoms with Gasteiger partial charge in [0.05, 0.1) is 13.7 Å². The van der Waals surface area contributed by atoms with Crippen LogP contribution in [0.3, 0.4) is 0 Å². The van der Waals surface area contributed by atoms with Crippen molar-refractivity contribution >= 4 is 29.9 Å². The average Bonchev–Trinajstić information content (AvgIpc) is 3.05. The van der Waals surface area contributed by atoms with Gasteiger partial charge in [-0.25, -0.2) is 0 Å². The molecule has 0 saturated heterocycles. The molecule has 2 N–H and O–H groups in total. The molecule has 0 amide bonds. The zero-order valence-electron chi connectivity index (χ0n) is 14.0. The Morgan fingerprint density at radius 1 is 1.26 bits per heavy atom. The molecule has 0 bridgehead atoms. The molecule has 0 atom stereocenters. The van der Waals surface area contributed by atoms with Crippen LogP contribution in [0.25, 0.3) is 0 Å². The molecule has 128 valence electrons. The normalized spacial score (nSPS) is 14.3. The highest BCUT2D eigenvalue weighted by molar-refractivity contribution is 14.0. The largest absolute Gasteiger partial charge is 0.493 e. The van der Waals surface area contributed by atoms with Crippen molar-refractivity contribution in [3.63, 3.8) is 0 Å². The molecule has 0 saturated carbocycles. The van der Waals surface area contributed by atoms with Crippen LogP contribution in [-0.2, 0) is 6.54 Å². The van der Waals surface area contributed by atoms with E-state index in [1.165, 1.54) is 0 Å². The number of benzene rings is 1. The number of nitrogens with one attached hydrogen (secondary N) is 2. The molecule has 0 fully saturated rings. The Bertz CT molecular complexity index is 539. The van der Waals surface area contributed by atoms with Crippen LogP contribution in [0.5, 0.6) is 11.5 Å². The summed E-state index contributed by atoms with van der Waals surface area (Å²) in [6, 6.07) is 6.40. The minimum absolute atomic E-state index is 0. The van der Waals surface area contributed by atoms with Crippen molar-refractivity contribution < 1.29 is 9.47 Å². The van der Waals surface area contributed by atoms with E-state index in [9.17, 15) is 0 Å². The second kappa shape index (κ2) is 10.4. The Kier molecular flexibility index (Phi) is 8.83. The van der Waals surface area contributed by atoms with Crippen LogP contribution in [0, 0.1) is 0 Å². The second-order valence-electron chi connectivity index (χ2n) is 5.13. The smallest absolute Gasteiger partial charge is 0.191 e. The highest BCUT2D eigenvalue weighted by atomic mass is 127. The Balaban J connectivity index is 0.00000264. The quantitative estimate of drug-likeness (QED) is 0.315. The Hall–Kier alpha value is -1.44. The van der Waals surface area contributed by atoms with Gasteiger partial charge in [0.25, 0.3) is 0 Å². The number of nitrogens with zero attached hydrogens (tertiary/aromatic N) is 1. The number of ether oxygens (including phenoxy) is 2. The third-order valence-electron chi connectivity index (χ3n) is 3.56. The van der Waals surface area contributed by atoms with Crippen LogP contribution in [0.2, 0.25) is 0 Å². The van der Waals surface area contributed by atoms with Crippen molar-refractivity contribution in [1.82, 2.24) is 10.6 Å². The van der Waals surface area contributed by atoms with Crippen molar-refractivity contribution in [2.24, 2.45) is 4.99 Å². The van der Waals surface area contributed by atoms with Crippen LogP contribution < -0.4 is 20.1 Å². The predicted molar refractivity (Wildman–Crippen MR) is 105 cm³/mol. The van der Waals surface area contributed by atoms with E-state index in [0.717, 1.165) is 35.9 Å². The Morgan fingerprint density at radius 3 is 2.61 bits per heavy atom. The fourth-order valence-corrected chi connectivity index (χ4v) is 2.41. The maximum absolute atomic E-state index is 5.60. The molecule has 1 aliphatic rings. The van der Waals surface area contributed by atoms with Crippen LogP contribution in [0.15, 0.2) is 35.3 Å². The van der Waals surface area contributed by atoms with Gasteiger partial charge in [-0.1, -0.05) is 18.2 Å². The molecule has 5 nitrogen and oxygen atoms in total. The first-order valence-electron chi connectivity index (χ1n) is 7.68. The van der Waals surface area contributed by atoms with Gasteiger partial charge < -0.3 is 20.1 Å². The topological polar surface area (TPSA) is 54.9 Å². The lowest BCUT2D eigenvalue weighted by Crippen LogP contribution is -2.42. The summed E-state index contributed by atoms with van der Waals surface area (Å²) in [5.41, 5.74) is 1.12. The van der Waals surface area contributed by atoms with Gasteiger partial charge in [0.15, 0.2) is 17.5 Å². The van der Waals surface area contributed by atoms with E-state index < -0.39 is 0 Å². The fourth-order valence-electron chi connectivity index (χ4n) is 2.41. The first-order valence-corrected chi connectivity index (χ1v) is 7.68. The van der Waals surface area contributed by atoms with E-state index in [-0.39, 0.29) is 24.0 Å². The lowest BCUT2D eigenvalue weighted by atomic mass is 10.2. The van der Waals surface area contributed by atoms with Gasteiger partial charge in [0, 0.05) is 19.6 Å². The van der Waals surface area contributed by atoms with Crippen LogP contribution >= 0.6 is 24.0 Å². The van der Waals surface area contributed by atoms with Crippen molar-refractivity contribution in [2.75, 3.05) is 20.8 Å². The van der Waals surface area contributed by atoms with Crippen molar-refractivity contribution in [3.8, 4) is 11.5 Å². The summed E-state index contributed by atoms with van der Waals surface area (Å²) in [5, 5.41) is 6.75. The molecule has 2 rings (SSSR count). The van der Waals surface area contributed by atoms with Crippen molar-refractivity contribution in [1.29, 1.82) is 0 Å². The number of hydrogen-bond donors (Lipinski definition) is 2. The molecule has 0 spiro atoms. The molecule has 0 radical (unpaired) electrons. The Labute approximate surface area is 155 Å². The summed E-state index contributed by atoms with van der Waals surface area (Å²) < 4.78 is 10.9. The summed E-state index contributed by atoms with van der Waals surface area (Å²) in [6.45, 7) is 3.26. The molecule has 0 heterocycles. The fraction of sp³-hybridized carbons (Fsp3) is 0.471. The standard InChI is InChI=1S/C17H25N3O2.HI/c1-4-22-16-11-13(9-10-15(16)21-3)12-19-17(18-2)20-14-7-5-6-8-14;/h5-6,9-11,14H,4,7-8,12H2,1-3H3,(H2,18,19,20);1H. The highest BCUT2D eigenvalue weighted by Crippen LogP contribution is 2.27. The lowest BCUT2D eigenvalue weighted by molar-refractivity contribution is 0.310.